The molecular weight excluding hydrogens is 413 g/mol. The molecule has 1 aliphatic carbocycles. The summed E-state index contributed by atoms with van der Waals surface area (Å²) in [5, 5.41) is 0. The van der Waals surface area contributed by atoms with E-state index in [1.54, 1.807) is 19.2 Å². The molecular formula is C29H34FNO2. The molecule has 0 aromatic heterocycles. The van der Waals surface area contributed by atoms with Gasteiger partial charge in [0.05, 0.1) is 7.11 Å². The Morgan fingerprint density at radius 2 is 1.61 bits per heavy atom. The topological polar surface area (TPSA) is 21.7 Å². The molecule has 3 aromatic rings. The van der Waals surface area contributed by atoms with E-state index in [1.807, 2.05) is 42.5 Å². The first-order valence-corrected chi connectivity index (χ1v) is 12.0. The molecule has 33 heavy (non-hydrogen) atoms. The van der Waals surface area contributed by atoms with E-state index < -0.39 is 0 Å². The van der Waals surface area contributed by atoms with Gasteiger partial charge in [0.25, 0.3) is 0 Å². The van der Waals surface area contributed by atoms with Crippen molar-refractivity contribution in [2.45, 2.75) is 57.7 Å². The van der Waals surface area contributed by atoms with Crippen molar-refractivity contribution in [2.24, 2.45) is 0 Å². The quantitative estimate of drug-likeness (QED) is 0.323. The first-order valence-electron chi connectivity index (χ1n) is 12.0. The van der Waals surface area contributed by atoms with Crippen LogP contribution in [0.5, 0.6) is 11.5 Å². The van der Waals surface area contributed by atoms with Crippen LogP contribution in [0.2, 0.25) is 0 Å². The van der Waals surface area contributed by atoms with Crippen LogP contribution in [0, 0.1) is 5.82 Å². The molecule has 3 aromatic carbocycles. The van der Waals surface area contributed by atoms with Crippen molar-refractivity contribution in [3.8, 4) is 11.5 Å². The highest BCUT2D eigenvalue weighted by atomic mass is 19.1. The summed E-state index contributed by atoms with van der Waals surface area (Å²) in [6.07, 6.45) is 6.70. The molecule has 1 fully saturated rings. The van der Waals surface area contributed by atoms with E-state index >= 15 is 0 Å². The standard InChI is InChI=1S/C29H34FNO2/c1-32-28-19-9-14-25(29(28)33-22-23-11-3-2-4-12-23)21-31(26-16-6-7-17-26)20-10-15-24-13-5-8-18-27(24)30/h2-5,8-9,11-14,18-19,26H,6-7,10,15-17,20-22H2,1H3. The van der Waals surface area contributed by atoms with Crippen molar-refractivity contribution in [3.63, 3.8) is 0 Å². The molecule has 1 saturated carbocycles. The minimum absolute atomic E-state index is 0.102. The molecule has 0 amide bonds. The number of halogens is 1. The average Bonchev–Trinajstić information content (AvgIpc) is 3.39. The molecule has 0 saturated heterocycles. The maximum absolute atomic E-state index is 14.1. The fourth-order valence-electron chi connectivity index (χ4n) is 4.79. The number of hydrogen-bond acceptors (Lipinski definition) is 3. The Bertz CT molecular complexity index is 1000. The van der Waals surface area contributed by atoms with E-state index in [0.717, 1.165) is 54.1 Å². The number of methoxy groups -OCH3 is 1. The van der Waals surface area contributed by atoms with Gasteiger partial charge in [0.1, 0.15) is 12.4 Å². The van der Waals surface area contributed by atoms with Crippen LogP contribution < -0.4 is 9.47 Å². The van der Waals surface area contributed by atoms with E-state index in [-0.39, 0.29) is 5.82 Å². The largest absolute Gasteiger partial charge is 0.493 e. The molecule has 0 unspecified atom stereocenters. The van der Waals surface area contributed by atoms with Crippen molar-refractivity contribution in [1.29, 1.82) is 0 Å². The van der Waals surface area contributed by atoms with Crippen molar-refractivity contribution >= 4 is 0 Å². The monoisotopic (exact) mass is 447 g/mol. The summed E-state index contributed by atoms with van der Waals surface area (Å²) in [6, 6.07) is 24.0. The molecule has 0 bridgehead atoms. The van der Waals surface area contributed by atoms with E-state index in [9.17, 15) is 4.39 Å². The summed E-state index contributed by atoms with van der Waals surface area (Å²) in [5.41, 5.74) is 3.08. The van der Waals surface area contributed by atoms with E-state index in [1.165, 1.54) is 25.7 Å². The molecule has 0 atom stereocenters. The Labute approximate surface area is 197 Å². The lowest BCUT2D eigenvalue weighted by Crippen LogP contribution is -2.34. The predicted octanol–water partition coefficient (Wildman–Crippen LogP) is 6.79. The lowest BCUT2D eigenvalue weighted by atomic mass is 10.1. The van der Waals surface area contributed by atoms with Gasteiger partial charge in [0, 0.05) is 18.2 Å². The molecule has 174 valence electrons. The third-order valence-corrected chi connectivity index (χ3v) is 6.57. The van der Waals surface area contributed by atoms with Crippen molar-refractivity contribution < 1.29 is 13.9 Å². The smallest absolute Gasteiger partial charge is 0.166 e. The van der Waals surface area contributed by atoms with E-state index in [0.29, 0.717) is 12.6 Å². The normalized spacial score (nSPS) is 14.0. The zero-order valence-corrected chi connectivity index (χ0v) is 19.5. The van der Waals surface area contributed by atoms with Gasteiger partial charge < -0.3 is 9.47 Å². The third kappa shape index (κ3) is 6.35. The van der Waals surface area contributed by atoms with Gasteiger partial charge in [-0.2, -0.15) is 0 Å². The van der Waals surface area contributed by atoms with Gasteiger partial charge in [-0.1, -0.05) is 73.5 Å². The minimum Gasteiger partial charge on any atom is -0.493 e. The van der Waals surface area contributed by atoms with Gasteiger partial charge in [-0.05, 0) is 55.5 Å². The number of benzene rings is 3. The SMILES string of the molecule is COc1cccc(CN(CCCc2ccccc2F)C2CCCC2)c1OCc1ccccc1. The van der Waals surface area contributed by atoms with Crippen LogP contribution >= 0.6 is 0 Å². The molecule has 0 aliphatic heterocycles. The summed E-state index contributed by atoms with van der Waals surface area (Å²) in [5.74, 6) is 1.48. The number of aryl methyl sites for hydroxylation is 1. The number of rotatable bonds is 11. The highest BCUT2D eigenvalue weighted by molar-refractivity contribution is 5.46. The number of hydrogen-bond donors (Lipinski definition) is 0. The van der Waals surface area contributed by atoms with Crippen LogP contribution in [0.15, 0.2) is 72.8 Å². The molecule has 0 radical (unpaired) electrons. The second kappa shape index (κ2) is 11.9. The Hall–Kier alpha value is -2.85. The lowest BCUT2D eigenvalue weighted by Gasteiger charge is -2.30. The molecule has 0 N–H and O–H groups in total. The fourth-order valence-corrected chi connectivity index (χ4v) is 4.79. The van der Waals surface area contributed by atoms with Crippen molar-refractivity contribution in [1.82, 2.24) is 4.90 Å². The summed E-state index contributed by atoms with van der Waals surface area (Å²) in [7, 11) is 1.69. The first-order chi connectivity index (χ1) is 16.2. The van der Waals surface area contributed by atoms with E-state index in [4.69, 9.17) is 9.47 Å². The van der Waals surface area contributed by atoms with Crippen LogP contribution in [0.25, 0.3) is 0 Å². The predicted molar refractivity (Wildman–Crippen MR) is 131 cm³/mol. The van der Waals surface area contributed by atoms with Crippen LogP contribution in [0.4, 0.5) is 4.39 Å². The average molecular weight is 448 g/mol. The molecule has 0 spiro atoms. The van der Waals surface area contributed by atoms with Gasteiger partial charge >= 0.3 is 0 Å². The second-order valence-corrected chi connectivity index (χ2v) is 8.83. The van der Waals surface area contributed by atoms with Gasteiger partial charge in [-0.15, -0.1) is 0 Å². The van der Waals surface area contributed by atoms with E-state index in [2.05, 4.69) is 23.1 Å². The molecule has 3 nitrogen and oxygen atoms in total. The van der Waals surface area contributed by atoms with Crippen LogP contribution in [0.1, 0.15) is 48.8 Å². The molecule has 0 heterocycles. The molecule has 1 aliphatic rings. The number of ether oxygens (including phenoxy) is 2. The number of nitrogens with zero attached hydrogens (tertiary/aromatic N) is 1. The van der Waals surface area contributed by atoms with Gasteiger partial charge in [0.15, 0.2) is 11.5 Å². The first kappa shape index (κ1) is 23.3. The Morgan fingerprint density at radius 1 is 0.879 bits per heavy atom. The van der Waals surface area contributed by atoms with Crippen LogP contribution in [-0.2, 0) is 19.6 Å². The zero-order valence-electron chi connectivity index (χ0n) is 19.5. The Morgan fingerprint density at radius 3 is 2.36 bits per heavy atom. The molecule has 4 heteroatoms. The Kier molecular flexibility index (Phi) is 8.37. The van der Waals surface area contributed by atoms with Crippen molar-refractivity contribution in [2.75, 3.05) is 13.7 Å². The van der Waals surface area contributed by atoms with Crippen LogP contribution in [-0.4, -0.2) is 24.6 Å². The maximum atomic E-state index is 14.1. The highest BCUT2D eigenvalue weighted by Crippen LogP contribution is 2.34. The highest BCUT2D eigenvalue weighted by Gasteiger charge is 2.24. The zero-order chi connectivity index (χ0) is 22.9. The number of para-hydroxylation sites is 1. The van der Waals surface area contributed by atoms with Gasteiger partial charge in [-0.25, -0.2) is 4.39 Å². The fraction of sp³-hybridized carbons (Fsp3) is 0.379. The summed E-state index contributed by atoms with van der Waals surface area (Å²) >= 11 is 0. The summed E-state index contributed by atoms with van der Waals surface area (Å²) < 4.78 is 26.0. The third-order valence-electron chi connectivity index (χ3n) is 6.57. The lowest BCUT2D eigenvalue weighted by molar-refractivity contribution is 0.182. The van der Waals surface area contributed by atoms with Crippen molar-refractivity contribution in [3.05, 3.63) is 95.3 Å². The maximum Gasteiger partial charge on any atom is 0.166 e. The van der Waals surface area contributed by atoms with Crippen LogP contribution in [0.3, 0.4) is 0 Å². The van der Waals surface area contributed by atoms with Gasteiger partial charge in [0.2, 0.25) is 0 Å². The minimum atomic E-state index is -0.102. The summed E-state index contributed by atoms with van der Waals surface area (Å²) in [6.45, 7) is 2.25. The molecule has 4 rings (SSSR count). The summed E-state index contributed by atoms with van der Waals surface area (Å²) in [4.78, 5) is 2.57. The Balaban J connectivity index is 1.48. The van der Waals surface area contributed by atoms with Gasteiger partial charge in [-0.3, -0.25) is 4.90 Å². The second-order valence-electron chi connectivity index (χ2n) is 8.83.